The summed E-state index contributed by atoms with van der Waals surface area (Å²) in [4.78, 5) is 33.7. The van der Waals surface area contributed by atoms with Gasteiger partial charge in [-0.3, -0.25) is 9.59 Å². The van der Waals surface area contributed by atoms with E-state index in [0.29, 0.717) is 31.8 Å². The van der Waals surface area contributed by atoms with E-state index in [1.165, 1.54) is 0 Å². The molecule has 0 aliphatic carbocycles. The minimum Gasteiger partial charge on any atom is -0.482 e. The van der Waals surface area contributed by atoms with Crippen molar-refractivity contribution in [1.29, 1.82) is 0 Å². The summed E-state index contributed by atoms with van der Waals surface area (Å²) in [5, 5.41) is 0. The number of aromatic amines is 1. The van der Waals surface area contributed by atoms with Gasteiger partial charge in [0.2, 0.25) is 5.91 Å². The zero-order chi connectivity index (χ0) is 18.6. The number of amides is 2. The fourth-order valence-corrected chi connectivity index (χ4v) is 3.57. The van der Waals surface area contributed by atoms with Gasteiger partial charge in [0.1, 0.15) is 5.75 Å². The Labute approximate surface area is 158 Å². The monoisotopic (exact) mass is 367 g/mol. The Morgan fingerprint density at radius 2 is 1.78 bits per heavy atom. The summed E-state index contributed by atoms with van der Waals surface area (Å²) >= 11 is 0. The van der Waals surface area contributed by atoms with Gasteiger partial charge in [0.25, 0.3) is 5.91 Å². The molecule has 1 saturated heterocycles. The lowest BCUT2D eigenvalue weighted by atomic mass is 10.2. The highest BCUT2D eigenvalue weighted by atomic mass is 16.5. The Kier molecular flexibility index (Phi) is 4.91. The number of hydrogen-bond donors (Lipinski definition) is 0. The van der Waals surface area contributed by atoms with E-state index < -0.39 is 0 Å². The Morgan fingerprint density at radius 1 is 1.04 bits per heavy atom. The maximum absolute atomic E-state index is 12.6. The van der Waals surface area contributed by atoms with Crippen LogP contribution in [0.25, 0.3) is 0 Å². The van der Waals surface area contributed by atoms with Gasteiger partial charge in [0.05, 0.1) is 5.69 Å². The number of nitrogens with zero attached hydrogens (tertiary/aromatic N) is 3. The van der Waals surface area contributed by atoms with Crippen molar-refractivity contribution >= 4 is 23.2 Å². The zero-order valence-corrected chi connectivity index (χ0v) is 15.1. The highest BCUT2D eigenvalue weighted by Crippen LogP contribution is 2.31. The first-order chi connectivity index (χ1) is 13.2. The topological polar surface area (TPSA) is 67.2 Å². The van der Waals surface area contributed by atoms with Crippen LogP contribution in [0.3, 0.4) is 0 Å². The summed E-state index contributed by atoms with van der Waals surface area (Å²) in [6.07, 6.45) is 4.13. The molecule has 1 fully saturated rings. The first-order valence-corrected chi connectivity index (χ1v) is 9.23. The first-order valence-electron chi connectivity index (χ1n) is 9.23. The van der Waals surface area contributed by atoms with E-state index in [-0.39, 0.29) is 18.4 Å². The van der Waals surface area contributed by atoms with E-state index in [1.807, 2.05) is 53.7 Å². The summed E-state index contributed by atoms with van der Waals surface area (Å²) in [5.74, 6) is 0.679. The summed E-state index contributed by atoms with van der Waals surface area (Å²) < 4.78 is 5.45. The van der Waals surface area contributed by atoms with Crippen molar-refractivity contribution in [2.75, 3.05) is 49.1 Å². The third-order valence-corrected chi connectivity index (χ3v) is 5.06. The van der Waals surface area contributed by atoms with Gasteiger partial charge in [-0.05, 0) is 12.1 Å². The molecule has 2 aliphatic heterocycles. The van der Waals surface area contributed by atoms with E-state index in [9.17, 15) is 9.59 Å². The van der Waals surface area contributed by atoms with Crippen molar-refractivity contribution in [2.45, 2.75) is 6.42 Å². The Morgan fingerprint density at radius 3 is 2.56 bits per heavy atom. The molecule has 0 unspecified atom stereocenters. The number of benzene rings is 1. The van der Waals surface area contributed by atoms with Crippen LogP contribution in [0, 0.1) is 0 Å². The van der Waals surface area contributed by atoms with Crippen LogP contribution in [0.4, 0.5) is 11.4 Å². The molecule has 0 saturated carbocycles. The second kappa shape index (κ2) is 7.65. The number of para-hydroxylation sites is 2. The number of aromatic nitrogens is 1. The summed E-state index contributed by atoms with van der Waals surface area (Å²) in [6.45, 7) is 3.44. The van der Waals surface area contributed by atoms with Crippen molar-refractivity contribution in [2.24, 2.45) is 0 Å². The van der Waals surface area contributed by atoms with Gasteiger partial charge in [-0.2, -0.15) is 0 Å². The maximum atomic E-state index is 12.6. The quantitative estimate of drug-likeness (QED) is 0.808. The zero-order valence-electron chi connectivity index (χ0n) is 15.1. The van der Waals surface area contributed by atoms with Gasteiger partial charge in [-0.15, -0.1) is 0 Å². The Bertz CT molecular complexity index is 819. The molecular formula is C20H23N4O3+. The number of carbonyl (C=O) groups is 2. The van der Waals surface area contributed by atoms with Crippen LogP contribution < -0.4 is 19.5 Å². The van der Waals surface area contributed by atoms with Crippen LogP contribution in [0.1, 0.15) is 6.42 Å². The van der Waals surface area contributed by atoms with Crippen LogP contribution in [0.2, 0.25) is 0 Å². The van der Waals surface area contributed by atoms with Crippen molar-refractivity contribution < 1.29 is 19.3 Å². The molecule has 1 aromatic heterocycles. The predicted octanol–water partition coefficient (Wildman–Crippen LogP) is 0.965. The SMILES string of the molecule is O=C(CCN1C(=O)COc2ccccc21)N1CCN(c2cc[nH+]cc2)CC1. The molecule has 2 aromatic rings. The minimum absolute atomic E-state index is 0.0262. The number of piperazine rings is 1. The molecule has 140 valence electrons. The van der Waals surface area contributed by atoms with Crippen LogP contribution in [-0.2, 0) is 9.59 Å². The second-order valence-corrected chi connectivity index (χ2v) is 6.68. The molecule has 0 atom stereocenters. The molecule has 1 N–H and O–H groups in total. The average Bonchev–Trinajstić information content (AvgIpc) is 2.73. The first kappa shape index (κ1) is 17.3. The molecule has 2 amide bonds. The summed E-state index contributed by atoms with van der Waals surface area (Å²) in [7, 11) is 0. The number of carbonyl (C=O) groups excluding carboxylic acids is 2. The Hall–Kier alpha value is -3.09. The van der Waals surface area contributed by atoms with Crippen LogP contribution in [0.15, 0.2) is 48.8 Å². The lowest BCUT2D eigenvalue weighted by molar-refractivity contribution is -0.377. The molecule has 0 radical (unpaired) electrons. The van der Waals surface area contributed by atoms with Crippen molar-refractivity contribution in [3.63, 3.8) is 0 Å². The van der Waals surface area contributed by atoms with E-state index >= 15 is 0 Å². The number of rotatable bonds is 4. The molecule has 2 aliphatic rings. The van der Waals surface area contributed by atoms with E-state index in [4.69, 9.17) is 4.74 Å². The molecule has 27 heavy (non-hydrogen) atoms. The average molecular weight is 367 g/mol. The van der Waals surface area contributed by atoms with Crippen LogP contribution in [-0.4, -0.2) is 56.0 Å². The molecule has 0 bridgehead atoms. The molecule has 1 aromatic carbocycles. The van der Waals surface area contributed by atoms with Gasteiger partial charge in [-0.1, -0.05) is 12.1 Å². The van der Waals surface area contributed by atoms with Crippen LogP contribution in [0.5, 0.6) is 5.75 Å². The highest BCUT2D eigenvalue weighted by Gasteiger charge is 2.27. The lowest BCUT2D eigenvalue weighted by Crippen LogP contribution is -2.49. The third-order valence-electron chi connectivity index (χ3n) is 5.06. The maximum Gasteiger partial charge on any atom is 0.265 e. The van der Waals surface area contributed by atoms with E-state index in [2.05, 4.69) is 9.88 Å². The second-order valence-electron chi connectivity index (χ2n) is 6.68. The van der Waals surface area contributed by atoms with Gasteiger partial charge >= 0.3 is 0 Å². The number of hydrogen-bond acceptors (Lipinski definition) is 4. The lowest BCUT2D eigenvalue weighted by Gasteiger charge is -2.36. The summed E-state index contributed by atoms with van der Waals surface area (Å²) in [5.41, 5.74) is 1.91. The van der Waals surface area contributed by atoms with Gasteiger partial charge in [0, 0.05) is 57.0 Å². The third kappa shape index (κ3) is 3.72. The molecule has 7 nitrogen and oxygen atoms in total. The fourth-order valence-electron chi connectivity index (χ4n) is 3.57. The molecule has 4 rings (SSSR count). The number of anilines is 2. The normalized spacial score (nSPS) is 16.7. The van der Waals surface area contributed by atoms with Gasteiger partial charge in [-0.25, -0.2) is 4.98 Å². The number of fused-ring (bicyclic) bond motifs is 1. The molecule has 3 heterocycles. The number of pyridine rings is 1. The van der Waals surface area contributed by atoms with Crippen molar-refractivity contribution in [3.8, 4) is 5.75 Å². The van der Waals surface area contributed by atoms with Crippen LogP contribution >= 0.6 is 0 Å². The minimum atomic E-state index is -0.104. The highest BCUT2D eigenvalue weighted by molar-refractivity contribution is 5.98. The standard InChI is InChI=1S/C20H22N4O3/c25-19(23-13-11-22(12-14-23)16-5-8-21-9-6-16)7-10-24-17-3-1-2-4-18(17)27-15-20(24)26/h1-6,8-9H,7,10-15H2/p+1. The van der Waals surface area contributed by atoms with Crippen molar-refractivity contribution in [1.82, 2.24) is 4.90 Å². The number of ether oxygens (including phenoxy) is 1. The van der Waals surface area contributed by atoms with E-state index in [0.717, 1.165) is 24.5 Å². The molecule has 7 heteroatoms. The van der Waals surface area contributed by atoms with Gasteiger partial charge < -0.3 is 19.4 Å². The number of nitrogens with one attached hydrogen (secondary N) is 1. The molecule has 0 spiro atoms. The number of H-pyrrole nitrogens is 1. The smallest absolute Gasteiger partial charge is 0.265 e. The van der Waals surface area contributed by atoms with Crippen molar-refractivity contribution in [3.05, 3.63) is 48.8 Å². The summed E-state index contributed by atoms with van der Waals surface area (Å²) in [6, 6.07) is 11.5. The molecular weight excluding hydrogens is 344 g/mol. The van der Waals surface area contributed by atoms with E-state index in [1.54, 1.807) is 4.90 Å². The van der Waals surface area contributed by atoms with Gasteiger partial charge in [0.15, 0.2) is 19.0 Å². The fraction of sp³-hybridized carbons (Fsp3) is 0.350. The largest absolute Gasteiger partial charge is 0.482 e. The predicted molar refractivity (Wildman–Crippen MR) is 101 cm³/mol. The Balaban J connectivity index is 1.32.